The number of thiophene rings is 1. The van der Waals surface area contributed by atoms with Gasteiger partial charge < -0.3 is 9.80 Å². The number of fused-ring (bicyclic) bond motifs is 3. The number of piperazine rings is 1. The summed E-state index contributed by atoms with van der Waals surface area (Å²) in [4.78, 5) is 46.8. The zero-order valence-electron chi connectivity index (χ0n) is 20.4. The Bertz CT molecular complexity index is 1580. The number of anilines is 1. The molecule has 9 heteroatoms. The smallest absolute Gasteiger partial charge is 0.337 e. The Morgan fingerprint density at radius 1 is 0.865 bits per heavy atom. The molecule has 2 aromatic carbocycles. The van der Waals surface area contributed by atoms with Crippen molar-refractivity contribution in [1.82, 2.24) is 14.0 Å². The number of carbonyl (C=O) groups excluding carboxylic acids is 1. The molecule has 0 atom stereocenters. The summed E-state index contributed by atoms with van der Waals surface area (Å²) in [5, 5.41) is 1.10. The van der Waals surface area contributed by atoms with Crippen LogP contribution in [-0.4, -0.2) is 46.1 Å². The van der Waals surface area contributed by atoms with E-state index in [1.54, 1.807) is 24.3 Å². The maximum absolute atomic E-state index is 13.8. The van der Waals surface area contributed by atoms with Crippen LogP contribution in [0, 0.1) is 0 Å². The first-order valence-electron chi connectivity index (χ1n) is 12.6. The van der Waals surface area contributed by atoms with Gasteiger partial charge in [0.05, 0.1) is 11.1 Å². The summed E-state index contributed by atoms with van der Waals surface area (Å²) < 4.78 is 2.71. The number of aromatic nitrogens is 2. The number of hydrogen-bond donors (Lipinski definition) is 0. The summed E-state index contributed by atoms with van der Waals surface area (Å²) in [5.74, 6) is -0.108. The normalized spacial score (nSPS) is 15.7. The van der Waals surface area contributed by atoms with Crippen molar-refractivity contribution in [3.63, 3.8) is 0 Å². The largest absolute Gasteiger partial charge is 0.368 e. The van der Waals surface area contributed by atoms with Crippen LogP contribution in [0.1, 0.15) is 23.3 Å². The summed E-state index contributed by atoms with van der Waals surface area (Å²) in [6.45, 7) is 2.55. The molecule has 3 heterocycles. The maximum Gasteiger partial charge on any atom is 0.337 e. The fourth-order valence-electron chi connectivity index (χ4n) is 5.41. The van der Waals surface area contributed by atoms with Gasteiger partial charge in [0.25, 0.3) is 5.56 Å². The molecule has 6 rings (SSSR count). The molecule has 2 aliphatic rings. The lowest BCUT2D eigenvalue weighted by atomic mass is 9.97. The first kappa shape index (κ1) is 24.0. The summed E-state index contributed by atoms with van der Waals surface area (Å²) in [6, 6.07) is 16.8. The molecule has 0 saturated carbocycles. The zero-order chi connectivity index (χ0) is 25.5. The van der Waals surface area contributed by atoms with Gasteiger partial charge in [0.15, 0.2) is 0 Å². The highest BCUT2D eigenvalue weighted by atomic mass is 35.5. The standard InChI is InChI=1S/C28H27ClN4O3S/c29-19-10-12-21(13-11-19)33-26(35)25-22-8-4-5-9-23(22)37-27(25)32(28(33)36)18-24(34)31-16-14-30(15-17-31)20-6-2-1-3-7-20/h1-3,6-7,10-13H,4-5,8-9,14-18H2. The molecule has 2 aromatic heterocycles. The van der Waals surface area contributed by atoms with E-state index in [0.717, 1.165) is 54.9 Å². The number of nitrogens with zero attached hydrogens (tertiary/aromatic N) is 4. The number of para-hydroxylation sites is 1. The molecule has 0 bridgehead atoms. The van der Waals surface area contributed by atoms with Gasteiger partial charge in [-0.3, -0.25) is 14.2 Å². The number of carbonyl (C=O) groups is 1. The second-order valence-corrected chi connectivity index (χ2v) is 11.1. The Kier molecular flexibility index (Phi) is 6.38. The van der Waals surface area contributed by atoms with Crippen molar-refractivity contribution < 1.29 is 4.79 Å². The quantitative estimate of drug-likeness (QED) is 0.395. The number of halogens is 1. The van der Waals surface area contributed by atoms with Crippen LogP contribution in [0.4, 0.5) is 5.69 Å². The second-order valence-electron chi connectivity index (χ2n) is 9.58. The molecular weight excluding hydrogens is 508 g/mol. The summed E-state index contributed by atoms with van der Waals surface area (Å²) in [7, 11) is 0. The molecule has 1 amide bonds. The Morgan fingerprint density at radius 2 is 1.57 bits per heavy atom. The van der Waals surface area contributed by atoms with Gasteiger partial charge in [-0.05, 0) is 67.6 Å². The van der Waals surface area contributed by atoms with E-state index >= 15 is 0 Å². The predicted octanol–water partition coefficient (Wildman–Crippen LogP) is 4.09. The molecular formula is C28H27ClN4O3S. The third-order valence-electron chi connectivity index (χ3n) is 7.37. The topological polar surface area (TPSA) is 67.5 Å². The molecule has 0 radical (unpaired) electrons. The SMILES string of the molecule is O=C(Cn1c(=O)n(-c2ccc(Cl)cc2)c(=O)c2c3c(sc21)CCCC3)N1CCN(c2ccccc2)CC1. The van der Waals surface area contributed by atoms with Crippen LogP contribution >= 0.6 is 22.9 Å². The molecule has 190 valence electrons. The lowest BCUT2D eigenvalue weighted by Gasteiger charge is -2.36. The number of benzene rings is 2. The molecule has 1 aliphatic carbocycles. The monoisotopic (exact) mass is 534 g/mol. The average Bonchev–Trinajstić information content (AvgIpc) is 3.32. The van der Waals surface area contributed by atoms with Gasteiger partial charge >= 0.3 is 5.69 Å². The number of hydrogen-bond acceptors (Lipinski definition) is 5. The maximum atomic E-state index is 13.8. The molecule has 0 N–H and O–H groups in total. The lowest BCUT2D eigenvalue weighted by Crippen LogP contribution is -2.50. The Morgan fingerprint density at radius 3 is 2.30 bits per heavy atom. The first-order valence-corrected chi connectivity index (χ1v) is 13.8. The van der Waals surface area contributed by atoms with Gasteiger partial charge in [-0.1, -0.05) is 29.8 Å². The summed E-state index contributed by atoms with van der Waals surface area (Å²) >= 11 is 7.56. The van der Waals surface area contributed by atoms with Crippen LogP contribution in [-0.2, 0) is 24.2 Å². The van der Waals surface area contributed by atoms with Crippen LogP contribution in [0.3, 0.4) is 0 Å². The van der Waals surface area contributed by atoms with Crippen molar-refractivity contribution in [1.29, 1.82) is 0 Å². The van der Waals surface area contributed by atoms with Gasteiger partial charge in [0, 0.05) is 41.8 Å². The molecule has 37 heavy (non-hydrogen) atoms. The van der Waals surface area contributed by atoms with E-state index in [1.807, 2.05) is 23.1 Å². The predicted molar refractivity (Wildman–Crippen MR) is 149 cm³/mol. The van der Waals surface area contributed by atoms with Crippen molar-refractivity contribution in [3.8, 4) is 5.69 Å². The zero-order valence-corrected chi connectivity index (χ0v) is 21.9. The molecule has 4 aromatic rings. The molecule has 0 spiro atoms. The van der Waals surface area contributed by atoms with Gasteiger partial charge in [0.2, 0.25) is 5.91 Å². The number of aryl methyl sites for hydroxylation is 2. The number of amides is 1. The van der Waals surface area contributed by atoms with Crippen LogP contribution in [0.2, 0.25) is 5.02 Å². The molecule has 1 saturated heterocycles. The molecule has 1 aliphatic heterocycles. The molecule has 1 fully saturated rings. The summed E-state index contributed by atoms with van der Waals surface area (Å²) in [6.07, 6.45) is 3.81. The minimum Gasteiger partial charge on any atom is -0.368 e. The van der Waals surface area contributed by atoms with E-state index in [4.69, 9.17) is 11.6 Å². The lowest BCUT2D eigenvalue weighted by molar-refractivity contribution is -0.132. The van der Waals surface area contributed by atoms with Gasteiger partial charge in [-0.15, -0.1) is 11.3 Å². The Hall–Kier alpha value is -3.36. The van der Waals surface area contributed by atoms with E-state index in [2.05, 4.69) is 17.0 Å². The molecule has 7 nitrogen and oxygen atoms in total. The molecule has 0 unspecified atom stereocenters. The van der Waals surface area contributed by atoms with Gasteiger partial charge in [-0.2, -0.15) is 0 Å². The van der Waals surface area contributed by atoms with Gasteiger partial charge in [-0.25, -0.2) is 9.36 Å². The van der Waals surface area contributed by atoms with Crippen molar-refractivity contribution in [3.05, 3.63) is 90.9 Å². The first-order chi connectivity index (χ1) is 18.0. The van der Waals surface area contributed by atoms with E-state index in [-0.39, 0.29) is 18.0 Å². The van der Waals surface area contributed by atoms with Crippen molar-refractivity contribution in [2.75, 3.05) is 31.1 Å². The average molecular weight is 535 g/mol. The number of rotatable bonds is 4. The van der Waals surface area contributed by atoms with Crippen molar-refractivity contribution in [2.45, 2.75) is 32.2 Å². The second kappa shape index (κ2) is 9.84. The van der Waals surface area contributed by atoms with Crippen LogP contribution < -0.4 is 16.1 Å². The van der Waals surface area contributed by atoms with Crippen molar-refractivity contribution >= 4 is 44.7 Å². The van der Waals surface area contributed by atoms with E-state index in [1.165, 1.54) is 20.5 Å². The third-order valence-corrected chi connectivity index (χ3v) is 8.94. The van der Waals surface area contributed by atoms with Crippen molar-refractivity contribution in [2.24, 2.45) is 0 Å². The fourth-order valence-corrected chi connectivity index (χ4v) is 6.91. The van der Waals surface area contributed by atoms with Gasteiger partial charge in [0.1, 0.15) is 11.4 Å². The highest BCUT2D eigenvalue weighted by Gasteiger charge is 2.27. The van der Waals surface area contributed by atoms with E-state index in [9.17, 15) is 14.4 Å². The minimum atomic E-state index is -0.491. The Balaban J connectivity index is 1.37. The van der Waals surface area contributed by atoms with E-state index < -0.39 is 5.69 Å². The fraction of sp³-hybridized carbons (Fsp3) is 0.321. The highest BCUT2D eigenvalue weighted by molar-refractivity contribution is 7.18. The summed E-state index contributed by atoms with van der Waals surface area (Å²) in [5.41, 5.74) is 1.83. The highest BCUT2D eigenvalue weighted by Crippen LogP contribution is 2.34. The Labute approximate surface area is 223 Å². The van der Waals surface area contributed by atoms with Crippen LogP contribution in [0.25, 0.3) is 15.9 Å². The van der Waals surface area contributed by atoms with E-state index in [0.29, 0.717) is 34.0 Å². The van der Waals surface area contributed by atoms with Crippen LogP contribution in [0.15, 0.2) is 64.2 Å². The van der Waals surface area contributed by atoms with Crippen LogP contribution in [0.5, 0.6) is 0 Å². The third kappa shape index (κ3) is 4.38. The minimum absolute atomic E-state index is 0.0894.